The summed E-state index contributed by atoms with van der Waals surface area (Å²) in [6.45, 7) is 1.94. The third-order valence-corrected chi connectivity index (χ3v) is 5.97. The number of aliphatic hydroxyl groups excluding tert-OH is 1. The summed E-state index contributed by atoms with van der Waals surface area (Å²) in [5.41, 5.74) is 1.42. The Morgan fingerprint density at radius 2 is 1.69 bits per heavy atom. The van der Waals surface area contributed by atoms with Crippen molar-refractivity contribution in [3.05, 3.63) is 54.1 Å². The molecule has 5 nitrogen and oxygen atoms in total. The maximum atomic E-state index is 10.5. The highest BCUT2D eigenvalue weighted by molar-refractivity contribution is 5.45. The first-order valence-electron chi connectivity index (χ1n) is 10.5. The van der Waals surface area contributed by atoms with Crippen LogP contribution in [0, 0.1) is 0 Å². The predicted octanol–water partition coefficient (Wildman–Crippen LogP) is 2.47. The lowest BCUT2D eigenvalue weighted by molar-refractivity contribution is -0.887. The second-order valence-electron chi connectivity index (χ2n) is 8.17. The van der Waals surface area contributed by atoms with E-state index in [0.29, 0.717) is 13.2 Å². The summed E-state index contributed by atoms with van der Waals surface area (Å²) in [5.74, 6) is 2.34. The van der Waals surface area contributed by atoms with E-state index in [1.165, 1.54) is 23.3 Å². The number of para-hydroxylation sites is 1. The lowest BCUT2D eigenvalue weighted by Gasteiger charge is -2.33. The molecule has 5 heteroatoms. The van der Waals surface area contributed by atoms with Crippen LogP contribution in [-0.2, 0) is 5.41 Å². The first kappa shape index (κ1) is 21.5. The van der Waals surface area contributed by atoms with Crippen molar-refractivity contribution in [2.75, 3.05) is 41.0 Å². The molecule has 1 aliphatic carbocycles. The van der Waals surface area contributed by atoms with E-state index in [1.54, 1.807) is 14.2 Å². The van der Waals surface area contributed by atoms with E-state index in [0.717, 1.165) is 36.6 Å². The molecule has 2 atom stereocenters. The van der Waals surface area contributed by atoms with E-state index in [1.807, 2.05) is 36.4 Å². The highest BCUT2D eigenvalue weighted by Gasteiger charge is 2.39. The Labute approximate surface area is 174 Å². The molecule has 2 aromatic carbocycles. The largest absolute Gasteiger partial charge is 0.493 e. The molecule has 0 spiro atoms. The number of likely N-dealkylation sites (N-methyl/N-ethyl adjacent to an activating group) is 1. The van der Waals surface area contributed by atoms with Gasteiger partial charge in [0, 0.05) is 5.41 Å². The number of aliphatic hydroxyl groups is 1. The van der Waals surface area contributed by atoms with Gasteiger partial charge >= 0.3 is 0 Å². The minimum Gasteiger partial charge on any atom is -0.493 e. The Bertz CT molecular complexity index is 759. The van der Waals surface area contributed by atoms with Crippen LogP contribution in [0.5, 0.6) is 17.2 Å². The standard InChI is InChI=1S/C24H33NO4/c1-25(16-20(26)17-29-21-9-5-4-6-10-21)18-24(13-7-8-14-24)19-11-12-22(27-2)23(15-19)28-3/h4-6,9-12,15,20,26H,7-8,13-14,16-18H2,1-3H3/p+1/t20-/m1/s1. The number of rotatable bonds is 10. The summed E-state index contributed by atoms with van der Waals surface area (Å²) in [5, 5.41) is 10.5. The van der Waals surface area contributed by atoms with Crippen molar-refractivity contribution in [2.24, 2.45) is 0 Å². The molecule has 0 radical (unpaired) electrons. The molecular weight excluding hydrogens is 366 g/mol. The molecule has 0 aromatic heterocycles. The lowest BCUT2D eigenvalue weighted by atomic mass is 9.78. The Morgan fingerprint density at radius 1 is 1.00 bits per heavy atom. The first-order valence-corrected chi connectivity index (χ1v) is 10.5. The van der Waals surface area contributed by atoms with Gasteiger partial charge in [0.25, 0.3) is 0 Å². The fraction of sp³-hybridized carbons (Fsp3) is 0.500. The van der Waals surface area contributed by atoms with E-state index >= 15 is 0 Å². The van der Waals surface area contributed by atoms with E-state index < -0.39 is 6.10 Å². The van der Waals surface area contributed by atoms with Gasteiger partial charge in [0.1, 0.15) is 25.0 Å². The van der Waals surface area contributed by atoms with Gasteiger partial charge in [-0.1, -0.05) is 37.1 Å². The van der Waals surface area contributed by atoms with Crippen molar-refractivity contribution in [3.63, 3.8) is 0 Å². The molecule has 3 rings (SSSR count). The molecule has 2 aromatic rings. The fourth-order valence-electron chi connectivity index (χ4n) is 4.61. The van der Waals surface area contributed by atoms with Crippen molar-refractivity contribution < 1.29 is 24.2 Å². The third-order valence-electron chi connectivity index (χ3n) is 5.97. The zero-order chi connectivity index (χ0) is 20.7. The number of benzene rings is 2. The van der Waals surface area contributed by atoms with Crippen LogP contribution in [0.15, 0.2) is 48.5 Å². The van der Waals surface area contributed by atoms with Crippen LogP contribution in [0.4, 0.5) is 0 Å². The zero-order valence-corrected chi connectivity index (χ0v) is 17.8. The van der Waals surface area contributed by atoms with Gasteiger partial charge in [0.2, 0.25) is 0 Å². The summed E-state index contributed by atoms with van der Waals surface area (Å²) in [4.78, 5) is 1.31. The van der Waals surface area contributed by atoms with Crippen molar-refractivity contribution in [1.82, 2.24) is 0 Å². The Hall–Kier alpha value is -2.24. The molecule has 0 bridgehead atoms. The molecule has 1 unspecified atom stereocenters. The van der Waals surface area contributed by atoms with Crippen LogP contribution in [0.1, 0.15) is 31.2 Å². The summed E-state index contributed by atoms with van der Waals surface area (Å²) in [6, 6.07) is 16.0. The maximum absolute atomic E-state index is 10.5. The van der Waals surface area contributed by atoms with Crippen molar-refractivity contribution in [3.8, 4) is 17.2 Å². The molecule has 158 valence electrons. The molecular formula is C24H34NO4+. The molecule has 1 saturated carbocycles. The second-order valence-corrected chi connectivity index (χ2v) is 8.17. The Morgan fingerprint density at radius 3 is 2.34 bits per heavy atom. The number of nitrogens with one attached hydrogen (secondary N) is 1. The SMILES string of the molecule is COc1ccc(C2(C[NH+](C)C[C@@H](O)COc3ccccc3)CCCC2)cc1OC. The minimum absolute atomic E-state index is 0.115. The number of ether oxygens (including phenoxy) is 3. The molecule has 2 N–H and O–H groups in total. The second kappa shape index (κ2) is 9.99. The van der Waals surface area contributed by atoms with Gasteiger partial charge in [0.05, 0.1) is 27.8 Å². The molecule has 29 heavy (non-hydrogen) atoms. The maximum Gasteiger partial charge on any atom is 0.161 e. The number of methoxy groups -OCH3 is 2. The van der Waals surface area contributed by atoms with Gasteiger partial charge < -0.3 is 24.2 Å². The molecule has 0 saturated heterocycles. The number of quaternary nitrogens is 1. The van der Waals surface area contributed by atoms with Crippen LogP contribution in [0.25, 0.3) is 0 Å². The highest BCUT2D eigenvalue weighted by Crippen LogP contribution is 2.42. The zero-order valence-electron chi connectivity index (χ0n) is 17.8. The molecule has 1 fully saturated rings. The number of hydrogen-bond acceptors (Lipinski definition) is 4. The van der Waals surface area contributed by atoms with Crippen LogP contribution in [0.3, 0.4) is 0 Å². The topological polar surface area (TPSA) is 52.4 Å². The van der Waals surface area contributed by atoms with Crippen molar-refractivity contribution in [2.45, 2.75) is 37.2 Å². The Balaban J connectivity index is 1.63. The van der Waals surface area contributed by atoms with Gasteiger partial charge in [-0.25, -0.2) is 0 Å². The third kappa shape index (κ3) is 5.43. The van der Waals surface area contributed by atoms with Crippen LogP contribution >= 0.6 is 0 Å². The Kier molecular flexibility index (Phi) is 7.40. The normalized spacial score (nSPS) is 17.5. The van der Waals surface area contributed by atoms with Gasteiger partial charge in [-0.05, 0) is 42.7 Å². The molecule has 0 aliphatic heterocycles. The van der Waals surface area contributed by atoms with E-state index in [9.17, 15) is 5.11 Å². The lowest BCUT2D eigenvalue weighted by Crippen LogP contribution is -3.12. The molecule has 1 aliphatic rings. The summed E-state index contributed by atoms with van der Waals surface area (Å²) in [6.07, 6.45) is 4.30. The van der Waals surface area contributed by atoms with Crippen LogP contribution in [0.2, 0.25) is 0 Å². The monoisotopic (exact) mass is 400 g/mol. The van der Waals surface area contributed by atoms with Gasteiger partial charge in [-0.3, -0.25) is 0 Å². The van der Waals surface area contributed by atoms with E-state index in [-0.39, 0.29) is 5.41 Å². The van der Waals surface area contributed by atoms with E-state index in [2.05, 4.69) is 19.2 Å². The molecule has 0 heterocycles. The van der Waals surface area contributed by atoms with Crippen LogP contribution < -0.4 is 19.1 Å². The first-order chi connectivity index (χ1) is 14.1. The van der Waals surface area contributed by atoms with Gasteiger partial charge in [-0.15, -0.1) is 0 Å². The van der Waals surface area contributed by atoms with Gasteiger partial charge in [-0.2, -0.15) is 0 Å². The van der Waals surface area contributed by atoms with Crippen LogP contribution in [-0.4, -0.2) is 52.2 Å². The molecule has 0 amide bonds. The minimum atomic E-state index is -0.501. The quantitative estimate of drug-likeness (QED) is 0.643. The van der Waals surface area contributed by atoms with Crippen molar-refractivity contribution in [1.29, 1.82) is 0 Å². The predicted molar refractivity (Wildman–Crippen MR) is 114 cm³/mol. The summed E-state index contributed by atoms with van der Waals surface area (Å²) >= 11 is 0. The highest BCUT2D eigenvalue weighted by atomic mass is 16.5. The summed E-state index contributed by atoms with van der Waals surface area (Å²) < 4.78 is 16.7. The fourth-order valence-corrected chi connectivity index (χ4v) is 4.61. The smallest absolute Gasteiger partial charge is 0.161 e. The van der Waals surface area contributed by atoms with Gasteiger partial charge in [0.15, 0.2) is 11.5 Å². The number of hydrogen-bond donors (Lipinski definition) is 2. The average Bonchev–Trinajstić information content (AvgIpc) is 3.21. The van der Waals surface area contributed by atoms with E-state index in [4.69, 9.17) is 14.2 Å². The summed E-state index contributed by atoms with van der Waals surface area (Å²) in [7, 11) is 5.51. The average molecular weight is 401 g/mol. The van der Waals surface area contributed by atoms with Crippen molar-refractivity contribution >= 4 is 0 Å².